The number of carbonyl (C=O) groups is 1. The van der Waals surface area contributed by atoms with Crippen molar-refractivity contribution in [3.8, 4) is 5.75 Å². The van der Waals surface area contributed by atoms with Crippen LogP contribution >= 0.6 is 0 Å². The van der Waals surface area contributed by atoms with Crippen molar-refractivity contribution in [3.05, 3.63) is 83.7 Å². The van der Waals surface area contributed by atoms with Crippen LogP contribution in [0.25, 0.3) is 10.9 Å². The predicted molar refractivity (Wildman–Crippen MR) is 166 cm³/mol. The number of aromatic nitrogens is 2. The largest absolute Gasteiger partial charge is 0.497 e. The van der Waals surface area contributed by atoms with Gasteiger partial charge in [-0.3, -0.25) is 9.79 Å². The number of nitrogens with two attached hydrogens (primary N) is 1. The van der Waals surface area contributed by atoms with Crippen LogP contribution in [-0.4, -0.2) is 55.0 Å². The lowest BCUT2D eigenvalue weighted by Crippen LogP contribution is -2.37. The Hall–Kier alpha value is -4.66. The number of anilines is 3. The second-order valence-corrected chi connectivity index (χ2v) is 10.6. The number of fused-ring (bicyclic) bond motifs is 1. The van der Waals surface area contributed by atoms with Gasteiger partial charge in [-0.15, -0.1) is 0 Å². The van der Waals surface area contributed by atoms with E-state index >= 15 is 0 Å². The van der Waals surface area contributed by atoms with E-state index in [4.69, 9.17) is 20.4 Å². The first kappa shape index (κ1) is 27.9. The monoisotopic (exact) mass is 551 g/mol. The molecule has 4 aromatic rings. The van der Waals surface area contributed by atoms with Gasteiger partial charge in [-0.2, -0.15) is 0 Å². The highest BCUT2D eigenvalue weighted by atomic mass is 16.5. The number of amidine groups is 1. The van der Waals surface area contributed by atoms with Crippen molar-refractivity contribution in [2.45, 2.75) is 44.7 Å². The molecule has 0 bridgehead atoms. The second kappa shape index (κ2) is 12.2. The van der Waals surface area contributed by atoms with E-state index in [2.05, 4.69) is 15.6 Å². The second-order valence-electron chi connectivity index (χ2n) is 10.6. The number of aliphatic imine (C=N–C) groups is 1. The van der Waals surface area contributed by atoms with Crippen LogP contribution in [0.4, 0.5) is 17.2 Å². The molecule has 2 atom stereocenters. The van der Waals surface area contributed by atoms with E-state index in [9.17, 15) is 4.79 Å². The Balaban J connectivity index is 1.46. The summed E-state index contributed by atoms with van der Waals surface area (Å²) in [4.78, 5) is 29.6. The summed E-state index contributed by atoms with van der Waals surface area (Å²) in [6.45, 7) is 2.03. The summed E-state index contributed by atoms with van der Waals surface area (Å²) >= 11 is 0. The summed E-state index contributed by atoms with van der Waals surface area (Å²) in [6, 6.07) is 21.1. The quantitative estimate of drug-likeness (QED) is 0.198. The van der Waals surface area contributed by atoms with Crippen LogP contribution in [0.5, 0.6) is 5.75 Å². The number of amides is 1. The average molecular weight is 552 g/mol. The Kier molecular flexibility index (Phi) is 8.33. The van der Waals surface area contributed by atoms with Crippen molar-refractivity contribution in [1.29, 1.82) is 0 Å². The molecule has 1 fully saturated rings. The Morgan fingerprint density at radius 1 is 1.02 bits per heavy atom. The molecule has 212 valence electrons. The lowest BCUT2D eigenvalue weighted by Gasteiger charge is -2.31. The minimum atomic E-state index is -0.386. The molecule has 1 aromatic heterocycles. The van der Waals surface area contributed by atoms with Gasteiger partial charge >= 0.3 is 0 Å². The normalized spacial score (nSPS) is 17.2. The van der Waals surface area contributed by atoms with Crippen molar-refractivity contribution in [1.82, 2.24) is 9.97 Å². The first-order chi connectivity index (χ1) is 19.8. The van der Waals surface area contributed by atoms with Gasteiger partial charge in [0.15, 0.2) is 0 Å². The highest BCUT2D eigenvalue weighted by Gasteiger charge is 2.27. The third kappa shape index (κ3) is 6.40. The van der Waals surface area contributed by atoms with E-state index in [0.29, 0.717) is 28.6 Å². The zero-order chi connectivity index (χ0) is 28.9. The number of nitrogens with zero attached hydrogens (tertiary/aromatic N) is 4. The third-order valence-electron chi connectivity index (χ3n) is 7.42. The van der Waals surface area contributed by atoms with Gasteiger partial charge in [0.1, 0.15) is 17.4 Å². The third-order valence-corrected chi connectivity index (χ3v) is 7.42. The smallest absolute Gasteiger partial charge is 0.293 e. The molecule has 3 aromatic carbocycles. The number of methoxy groups -OCH3 is 1. The number of nitrogens with one attached hydrogen (secondary N) is 2. The minimum Gasteiger partial charge on any atom is -0.497 e. The molecule has 4 N–H and O–H groups in total. The van der Waals surface area contributed by atoms with Crippen LogP contribution < -0.4 is 26.0 Å². The van der Waals surface area contributed by atoms with E-state index in [1.165, 1.54) is 0 Å². The highest BCUT2D eigenvalue weighted by Crippen LogP contribution is 2.29. The molecule has 1 saturated carbocycles. The van der Waals surface area contributed by atoms with Gasteiger partial charge in [-0.25, -0.2) is 9.97 Å². The Bertz CT molecular complexity index is 1570. The SMILES string of the molecule is COc1ccc(NC(=O)c2nc(N[C@H]3CCCC[C@H]3N=C(N)c3ccccc3N(C)C)c3cc(C)ccc3n2)cc1. The topological polar surface area (TPSA) is 118 Å². The summed E-state index contributed by atoms with van der Waals surface area (Å²) in [7, 11) is 5.61. The maximum absolute atomic E-state index is 13.2. The van der Waals surface area contributed by atoms with E-state index < -0.39 is 0 Å². The first-order valence-electron chi connectivity index (χ1n) is 13.9. The molecule has 0 radical (unpaired) electrons. The van der Waals surface area contributed by atoms with Crippen molar-refractivity contribution in [2.24, 2.45) is 10.7 Å². The maximum atomic E-state index is 13.2. The summed E-state index contributed by atoms with van der Waals surface area (Å²) < 4.78 is 5.21. The molecular formula is C32H37N7O2. The number of rotatable bonds is 8. The van der Waals surface area contributed by atoms with E-state index in [0.717, 1.165) is 47.9 Å². The molecule has 9 heteroatoms. The van der Waals surface area contributed by atoms with Crippen molar-refractivity contribution >= 4 is 39.8 Å². The van der Waals surface area contributed by atoms with Crippen LogP contribution in [0.2, 0.25) is 0 Å². The Morgan fingerprint density at radius 3 is 2.54 bits per heavy atom. The lowest BCUT2D eigenvalue weighted by molar-refractivity contribution is 0.101. The molecule has 5 rings (SSSR count). The van der Waals surface area contributed by atoms with Crippen molar-refractivity contribution in [2.75, 3.05) is 36.7 Å². The summed E-state index contributed by atoms with van der Waals surface area (Å²) in [5.41, 5.74) is 11.0. The highest BCUT2D eigenvalue weighted by molar-refractivity contribution is 6.04. The fourth-order valence-electron chi connectivity index (χ4n) is 5.25. The summed E-state index contributed by atoms with van der Waals surface area (Å²) in [5.74, 6) is 1.56. The number of aryl methyl sites for hydroxylation is 1. The number of hydrogen-bond donors (Lipinski definition) is 3. The van der Waals surface area contributed by atoms with Gasteiger partial charge in [-0.1, -0.05) is 36.6 Å². The number of benzene rings is 3. The van der Waals surface area contributed by atoms with Gasteiger partial charge in [-0.05, 0) is 68.3 Å². The average Bonchev–Trinajstić information content (AvgIpc) is 2.98. The number of ether oxygens (including phenoxy) is 1. The molecule has 0 aliphatic heterocycles. The molecule has 1 aliphatic carbocycles. The molecule has 0 spiro atoms. The van der Waals surface area contributed by atoms with Crippen molar-refractivity contribution in [3.63, 3.8) is 0 Å². The van der Waals surface area contributed by atoms with Gasteiger partial charge in [0, 0.05) is 42.5 Å². The fourth-order valence-corrected chi connectivity index (χ4v) is 5.25. The van der Waals surface area contributed by atoms with Crippen molar-refractivity contribution < 1.29 is 9.53 Å². The van der Waals surface area contributed by atoms with E-state index in [-0.39, 0.29) is 23.8 Å². The van der Waals surface area contributed by atoms with E-state index in [1.807, 2.05) is 68.4 Å². The fraction of sp³-hybridized carbons (Fsp3) is 0.312. The first-order valence-corrected chi connectivity index (χ1v) is 13.9. The summed E-state index contributed by atoms with van der Waals surface area (Å²) in [5, 5.41) is 7.41. The molecule has 0 unspecified atom stereocenters. The van der Waals surface area contributed by atoms with Gasteiger partial charge in [0.25, 0.3) is 5.91 Å². The molecule has 9 nitrogen and oxygen atoms in total. The number of carbonyl (C=O) groups excluding carboxylic acids is 1. The van der Waals surface area contributed by atoms with Gasteiger partial charge in [0.2, 0.25) is 5.82 Å². The number of para-hydroxylation sites is 1. The molecule has 0 saturated heterocycles. The standard InChI is InChI=1S/C32H37N7O2/c1-20-13-18-25-24(19-20)30(38-31(36-25)32(40)34-21-14-16-22(41-4)17-15-21)37-27-11-7-6-10-26(27)35-29(33)23-9-5-8-12-28(23)39(2)3/h5,8-9,12-19,26-27H,6-7,10-11H2,1-4H3,(H2,33,35)(H,34,40)(H,36,37,38)/t26-,27+/m1/s1. The molecule has 1 amide bonds. The maximum Gasteiger partial charge on any atom is 0.293 e. The Morgan fingerprint density at radius 2 is 1.78 bits per heavy atom. The zero-order valence-corrected chi connectivity index (χ0v) is 24.0. The Labute approximate surface area is 240 Å². The molecule has 41 heavy (non-hydrogen) atoms. The van der Waals surface area contributed by atoms with Crippen LogP contribution in [0.1, 0.15) is 47.4 Å². The van der Waals surface area contributed by atoms with Gasteiger partial charge < -0.3 is 26.0 Å². The molecular weight excluding hydrogens is 514 g/mol. The van der Waals surface area contributed by atoms with Crippen LogP contribution in [0.15, 0.2) is 71.7 Å². The predicted octanol–water partition coefficient (Wildman–Crippen LogP) is 5.39. The van der Waals surface area contributed by atoms with Crippen LogP contribution in [0.3, 0.4) is 0 Å². The molecule has 1 aliphatic rings. The lowest BCUT2D eigenvalue weighted by atomic mass is 9.90. The zero-order valence-electron chi connectivity index (χ0n) is 24.0. The van der Waals surface area contributed by atoms with Gasteiger partial charge in [0.05, 0.1) is 18.7 Å². The van der Waals surface area contributed by atoms with Crippen LogP contribution in [-0.2, 0) is 0 Å². The number of hydrogen-bond acceptors (Lipinski definition) is 7. The van der Waals surface area contributed by atoms with Crippen LogP contribution in [0, 0.1) is 6.92 Å². The molecule has 1 heterocycles. The minimum absolute atomic E-state index is 0.00456. The summed E-state index contributed by atoms with van der Waals surface area (Å²) in [6.07, 6.45) is 3.98. The van der Waals surface area contributed by atoms with E-state index in [1.54, 1.807) is 31.4 Å².